The van der Waals surface area contributed by atoms with Crippen molar-refractivity contribution in [2.45, 2.75) is 39.2 Å². The number of nitrogens with one attached hydrogen (secondary N) is 1. The molecule has 2 atom stereocenters. The number of amides is 2. The van der Waals surface area contributed by atoms with E-state index in [1.165, 1.54) is 0 Å². The van der Waals surface area contributed by atoms with E-state index in [2.05, 4.69) is 21.2 Å². The van der Waals surface area contributed by atoms with Crippen molar-refractivity contribution in [2.24, 2.45) is 5.41 Å². The number of carbonyl (C=O) groups excluding carboxylic acids is 1. The number of hydrogen-bond acceptors (Lipinski definition) is 2. The molecule has 1 aromatic rings. The van der Waals surface area contributed by atoms with Crippen LogP contribution >= 0.6 is 15.9 Å². The van der Waals surface area contributed by atoms with Crippen LogP contribution in [0.3, 0.4) is 0 Å². The second-order valence-corrected chi connectivity index (χ2v) is 7.24. The molecule has 2 rings (SSSR count). The number of rotatable bonds is 5. The standard InChI is InChI=1S/C17H23BrN2O3/c1-3-13(10-12-6-4-5-7-14(12)18)19-16(23)20-9-8-17(2,11-20)15(21)22/h4-7,13H,3,8-11H2,1-2H3,(H,19,23)(H,21,22). The smallest absolute Gasteiger partial charge is 0.317 e. The maximum Gasteiger partial charge on any atom is 0.317 e. The Morgan fingerprint density at radius 2 is 2.13 bits per heavy atom. The molecule has 6 heteroatoms. The van der Waals surface area contributed by atoms with E-state index in [9.17, 15) is 14.7 Å². The van der Waals surface area contributed by atoms with Crippen LogP contribution in [0.1, 0.15) is 32.3 Å². The number of nitrogens with zero attached hydrogens (tertiary/aromatic N) is 1. The first-order chi connectivity index (χ1) is 10.9. The lowest BCUT2D eigenvalue weighted by atomic mass is 9.90. The minimum absolute atomic E-state index is 0.0258. The van der Waals surface area contributed by atoms with Crippen molar-refractivity contribution < 1.29 is 14.7 Å². The Morgan fingerprint density at radius 1 is 1.43 bits per heavy atom. The Morgan fingerprint density at radius 3 is 2.70 bits per heavy atom. The molecule has 2 unspecified atom stereocenters. The van der Waals surface area contributed by atoms with Gasteiger partial charge in [0.15, 0.2) is 0 Å². The van der Waals surface area contributed by atoms with Gasteiger partial charge in [0.25, 0.3) is 0 Å². The van der Waals surface area contributed by atoms with Crippen molar-refractivity contribution in [1.82, 2.24) is 10.2 Å². The van der Waals surface area contributed by atoms with E-state index >= 15 is 0 Å². The Balaban J connectivity index is 1.96. The molecule has 0 spiro atoms. The van der Waals surface area contributed by atoms with Crippen LogP contribution < -0.4 is 5.32 Å². The van der Waals surface area contributed by atoms with Gasteiger partial charge in [-0.1, -0.05) is 41.1 Å². The molecule has 0 aliphatic carbocycles. The van der Waals surface area contributed by atoms with Crippen LogP contribution in [-0.2, 0) is 11.2 Å². The van der Waals surface area contributed by atoms with E-state index in [0.29, 0.717) is 13.0 Å². The molecule has 23 heavy (non-hydrogen) atoms. The summed E-state index contributed by atoms with van der Waals surface area (Å²) in [6.45, 7) is 4.48. The third-order valence-electron chi connectivity index (χ3n) is 4.52. The Labute approximate surface area is 145 Å². The van der Waals surface area contributed by atoms with Gasteiger partial charge in [0, 0.05) is 23.6 Å². The second-order valence-electron chi connectivity index (χ2n) is 6.39. The maximum atomic E-state index is 12.4. The summed E-state index contributed by atoms with van der Waals surface area (Å²) >= 11 is 3.53. The quantitative estimate of drug-likeness (QED) is 0.820. The average molecular weight is 383 g/mol. The monoisotopic (exact) mass is 382 g/mol. The van der Waals surface area contributed by atoms with Crippen LogP contribution in [0.5, 0.6) is 0 Å². The van der Waals surface area contributed by atoms with E-state index in [-0.39, 0.29) is 18.6 Å². The summed E-state index contributed by atoms with van der Waals surface area (Å²) in [5.74, 6) is -0.840. The molecule has 1 aliphatic heterocycles. The summed E-state index contributed by atoms with van der Waals surface area (Å²) < 4.78 is 1.03. The Kier molecular flexibility index (Phi) is 5.68. The summed E-state index contributed by atoms with van der Waals surface area (Å²) in [7, 11) is 0. The zero-order valence-corrected chi connectivity index (χ0v) is 15.1. The number of benzene rings is 1. The number of carbonyl (C=O) groups is 2. The second kappa shape index (κ2) is 7.34. The van der Waals surface area contributed by atoms with Gasteiger partial charge in [-0.2, -0.15) is 0 Å². The van der Waals surface area contributed by atoms with Crippen LogP contribution in [0, 0.1) is 5.41 Å². The predicted molar refractivity (Wildman–Crippen MR) is 92.4 cm³/mol. The van der Waals surface area contributed by atoms with Gasteiger partial charge in [0.1, 0.15) is 0 Å². The third-order valence-corrected chi connectivity index (χ3v) is 5.30. The molecule has 0 radical (unpaired) electrons. The van der Waals surface area contributed by atoms with E-state index in [1.54, 1.807) is 11.8 Å². The number of carboxylic acid groups (broad SMARTS) is 1. The average Bonchev–Trinajstić information content (AvgIpc) is 2.92. The fourth-order valence-corrected chi connectivity index (χ4v) is 3.25. The van der Waals surface area contributed by atoms with E-state index in [0.717, 1.165) is 22.9 Å². The van der Waals surface area contributed by atoms with Crippen molar-refractivity contribution in [1.29, 1.82) is 0 Å². The largest absolute Gasteiger partial charge is 0.481 e. The summed E-state index contributed by atoms with van der Waals surface area (Å²) in [4.78, 5) is 25.3. The molecule has 0 saturated carbocycles. The SMILES string of the molecule is CCC(Cc1ccccc1Br)NC(=O)N1CCC(C)(C(=O)O)C1. The molecular formula is C17H23BrN2O3. The molecular weight excluding hydrogens is 360 g/mol. The fraction of sp³-hybridized carbons (Fsp3) is 0.529. The first-order valence-corrected chi connectivity index (χ1v) is 8.67. The van der Waals surface area contributed by atoms with Crippen molar-refractivity contribution in [3.8, 4) is 0 Å². The third kappa shape index (κ3) is 4.25. The molecule has 0 bridgehead atoms. The van der Waals surface area contributed by atoms with E-state index in [1.807, 2.05) is 31.2 Å². The summed E-state index contributed by atoms with van der Waals surface area (Å²) in [5.41, 5.74) is 0.318. The van der Waals surface area contributed by atoms with Gasteiger partial charge in [0.2, 0.25) is 0 Å². The number of urea groups is 1. The molecule has 2 N–H and O–H groups in total. The Hall–Kier alpha value is -1.56. The molecule has 5 nitrogen and oxygen atoms in total. The van der Waals surface area contributed by atoms with E-state index < -0.39 is 11.4 Å². The normalized spacial score (nSPS) is 22.0. The van der Waals surface area contributed by atoms with Crippen molar-refractivity contribution >= 4 is 27.9 Å². The number of halogens is 1. The molecule has 1 aromatic carbocycles. The van der Waals surface area contributed by atoms with Crippen molar-refractivity contribution in [3.63, 3.8) is 0 Å². The van der Waals surface area contributed by atoms with Crippen LogP contribution in [0.2, 0.25) is 0 Å². The predicted octanol–water partition coefficient (Wildman–Crippen LogP) is 3.28. The highest BCUT2D eigenvalue weighted by molar-refractivity contribution is 9.10. The molecule has 1 aliphatic rings. The minimum atomic E-state index is -0.840. The number of carboxylic acids is 1. The molecule has 2 amide bonds. The zero-order chi connectivity index (χ0) is 17.0. The lowest BCUT2D eigenvalue weighted by molar-refractivity contribution is -0.146. The summed E-state index contributed by atoms with van der Waals surface area (Å²) in [6, 6.07) is 7.82. The van der Waals surface area contributed by atoms with E-state index in [4.69, 9.17) is 0 Å². The highest BCUT2D eigenvalue weighted by Crippen LogP contribution is 2.30. The van der Waals surface area contributed by atoms with Gasteiger partial charge < -0.3 is 15.3 Å². The van der Waals surface area contributed by atoms with Gasteiger partial charge in [-0.3, -0.25) is 4.79 Å². The van der Waals surface area contributed by atoms with Crippen LogP contribution in [0.4, 0.5) is 4.79 Å². The topological polar surface area (TPSA) is 69.6 Å². The highest BCUT2D eigenvalue weighted by Gasteiger charge is 2.42. The number of hydrogen-bond donors (Lipinski definition) is 2. The Bertz CT molecular complexity index is 593. The lowest BCUT2D eigenvalue weighted by Crippen LogP contribution is -2.45. The first-order valence-electron chi connectivity index (χ1n) is 7.88. The van der Waals surface area contributed by atoms with Gasteiger partial charge in [-0.25, -0.2) is 4.79 Å². The molecule has 1 heterocycles. The zero-order valence-electron chi connectivity index (χ0n) is 13.5. The minimum Gasteiger partial charge on any atom is -0.481 e. The van der Waals surface area contributed by atoms with Crippen molar-refractivity contribution in [3.05, 3.63) is 34.3 Å². The lowest BCUT2D eigenvalue weighted by Gasteiger charge is -2.24. The highest BCUT2D eigenvalue weighted by atomic mass is 79.9. The fourth-order valence-electron chi connectivity index (χ4n) is 2.80. The van der Waals surface area contributed by atoms with Crippen molar-refractivity contribution in [2.75, 3.05) is 13.1 Å². The number of aliphatic carboxylic acids is 1. The van der Waals surface area contributed by atoms with Crippen LogP contribution in [0.25, 0.3) is 0 Å². The summed E-state index contributed by atoms with van der Waals surface area (Å²) in [6.07, 6.45) is 2.06. The van der Waals surface area contributed by atoms with Crippen LogP contribution in [0.15, 0.2) is 28.7 Å². The molecule has 1 fully saturated rings. The molecule has 1 saturated heterocycles. The maximum absolute atomic E-state index is 12.4. The first kappa shape index (κ1) is 17.8. The molecule has 126 valence electrons. The van der Waals surface area contributed by atoms with Gasteiger partial charge in [0.05, 0.1) is 5.41 Å². The number of likely N-dealkylation sites (tertiary alicyclic amines) is 1. The summed E-state index contributed by atoms with van der Waals surface area (Å²) in [5, 5.41) is 12.3. The van der Waals surface area contributed by atoms with Gasteiger partial charge in [-0.05, 0) is 37.8 Å². The van der Waals surface area contributed by atoms with Crippen LogP contribution in [-0.4, -0.2) is 41.1 Å². The van der Waals surface area contributed by atoms with Gasteiger partial charge in [-0.15, -0.1) is 0 Å². The molecule has 0 aromatic heterocycles. The van der Waals surface area contributed by atoms with Gasteiger partial charge >= 0.3 is 12.0 Å².